The number of nitrogens with zero attached hydrogens (tertiary/aromatic N) is 1. The lowest BCUT2D eigenvalue weighted by Gasteiger charge is -2.28. The monoisotopic (exact) mass is 361 g/mol. The number of likely N-dealkylation sites (tertiary alicyclic amines) is 1. The lowest BCUT2D eigenvalue weighted by atomic mass is 9.80. The molecule has 3 rings (SSSR count). The molecule has 2 heterocycles. The minimum absolute atomic E-state index is 0.0131. The van der Waals surface area contributed by atoms with E-state index < -0.39 is 5.97 Å². The molecule has 3 unspecified atom stereocenters. The predicted octanol–water partition coefficient (Wildman–Crippen LogP) is 4.12. The quantitative estimate of drug-likeness (QED) is 0.755. The molecule has 26 heavy (non-hydrogen) atoms. The number of rotatable bonds is 8. The normalized spacial score (nSPS) is 25.2. The summed E-state index contributed by atoms with van der Waals surface area (Å²) >= 11 is 0. The Bertz CT molecular complexity index is 626. The fourth-order valence-corrected chi connectivity index (χ4v) is 4.76. The Morgan fingerprint density at radius 2 is 1.92 bits per heavy atom. The van der Waals surface area contributed by atoms with E-state index in [4.69, 9.17) is 9.47 Å². The zero-order valence-corrected chi connectivity index (χ0v) is 16.1. The van der Waals surface area contributed by atoms with E-state index in [1.54, 1.807) is 0 Å². The molecule has 0 radical (unpaired) electrons. The van der Waals surface area contributed by atoms with Crippen molar-refractivity contribution in [2.75, 3.05) is 20.4 Å². The summed E-state index contributed by atoms with van der Waals surface area (Å²) in [5.74, 6) is 1.00. The SMILES string of the molecule is CCCC(CCC)CC1C(C(=O)O)C(c2ccc3c(c2)OCO3)CN1C. The molecule has 1 aromatic carbocycles. The predicted molar refractivity (Wildman–Crippen MR) is 101 cm³/mol. The molecule has 1 fully saturated rings. The lowest BCUT2D eigenvalue weighted by molar-refractivity contribution is -0.143. The van der Waals surface area contributed by atoms with Gasteiger partial charge < -0.3 is 19.5 Å². The van der Waals surface area contributed by atoms with E-state index in [-0.39, 0.29) is 24.7 Å². The van der Waals surface area contributed by atoms with Crippen molar-refractivity contribution >= 4 is 5.97 Å². The average Bonchev–Trinajstić information content (AvgIpc) is 3.19. The Balaban J connectivity index is 1.82. The van der Waals surface area contributed by atoms with Crippen LogP contribution in [0.5, 0.6) is 11.5 Å². The zero-order chi connectivity index (χ0) is 18.7. The van der Waals surface area contributed by atoms with Gasteiger partial charge >= 0.3 is 5.97 Å². The maximum atomic E-state index is 12.2. The van der Waals surface area contributed by atoms with Crippen LogP contribution >= 0.6 is 0 Å². The Kier molecular flexibility index (Phi) is 6.07. The van der Waals surface area contributed by atoms with Gasteiger partial charge in [0.05, 0.1) is 5.92 Å². The molecular formula is C21H31NO4. The van der Waals surface area contributed by atoms with Crippen molar-refractivity contribution in [1.82, 2.24) is 4.90 Å². The lowest BCUT2D eigenvalue weighted by Crippen LogP contribution is -2.35. The Morgan fingerprint density at radius 1 is 1.23 bits per heavy atom. The highest BCUT2D eigenvalue weighted by Gasteiger charge is 2.45. The molecule has 0 spiro atoms. The van der Waals surface area contributed by atoms with Crippen LogP contribution in [0.2, 0.25) is 0 Å². The van der Waals surface area contributed by atoms with Crippen molar-refractivity contribution in [3.05, 3.63) is 23.8 Å². The van der Waals surface area contributed by atoms with E-state index >= 15 is 0 Å². The topological polar surface area (TPSA) is 59.0 Å². The number of ether oxygens (including phenoxy) is 2. The number of hydrogen-bond acceptors (Lipinski definition) is 4. The van der Waals surface area contributed by atoms with Crippen molar-refractivity contribution in [2.45, 2.75) is 57.9 Å². The third kappa shape index (κ3) is 3.83. The van der Waals surface area contributed by atoms with Gasteiger partial charge in [-0.3, -0.25) is 4.79 Å². The minimum atomic E-state index is -0.686. The first-order valence-electron chi connectivity index (χ1n) is 9.87. The Morgan fingerprint density at radius 3 is 2.58 bits per heavy atom. The molecule has 1 N–H and O–H groups in total. The number of carboxylic acids is 1. The van der Waals surface area contributed by atoms with Crippen molar-refractivity contribution in [1.29, 1.82) is 0 Å². The van der Waals surface area contributed by atoms with Crippen LogP contribution in [-0.4, -0.2) is 42.4 Å². The van der Waals surface area contributed by atoms with Crippen molar-refractivity contribution < 1.29 is 19.4 Å². The summed E-state index contributed by atoms with van der Waals surface area (Å²) in [6, 6.07) is 5.96. The third-order valence-corrected chi connectivity index (χ3v) is 5.98. The number of carbonyl (C=O) groups is 1. The molecule has 5 nitrogen and oxygen atoms in total. The van der Waals surface area contributed by atoms with Crippen molar-refractivity contribution in [2.24, 2.45) is 11.8 Å². The zero-order valence-electron chi connectivity index (χ0n) is 16.1. The summed E-state index contributed by atoms with van der Waals surface area (Å²) in [5, 5.41) is 10.0. The smallest absolute Gasteiger partial charge is 0.308 e. The molecule has 0 bridgehead atoms. The molecule has 0 saturated carbocycles. The molecule has 144 valence electrons. The highest BCUT2D eigenvalue weighted by molar-refractivity contribution is 5.73. The second-order valence-electron chi connectivity index (χ2n) is 7.77. The van der Waals surface area contributed by atoms with Gasteiger partial charge in [0.2, 0.25) is 6.79 Å². The van der Waals surface area contributed by atoms with Crippen LogP contribution in [0.3, 0.4) is 0 Å². The van der Waals surface area contributed by atoms with Crippen LogP contribution in [0.25, 0.3) is 0 Å². The number of fused-ring (bicyclic) bond motifs is 1. The van der Waals surface area contributed by atoms with E-state index in [0.717, 1.165) is 42.9 Å². The van der Waals surface area contributed by atoms with E-state index in [2.05, 4.69) is 25.8 Å². The van der Waals surface area contributed by atoms with Gasteiger partial charge in [0.1, 0.15) is 0 Å². The van der Waals surface area contributed by atoms with Crippen LogP contribution in [-0.2, 0) is 4.79 Å². The maximum absolute atomic E-state index is 12.2. The molecule has 1 saturated heterocycles. The third-order valence-electron chi connectivity index (χ3n) is 5.98. The largest absolute Gasteiger partial charge is 0.481 e. The van der Waals surface area contributed by atoms with E-state index in [1.165, 1.54) is 12.8 Å². The molecule has 2 aliphatic rings. The fourth-order valence-electron chi connectivity index (χ4n) is 4.76. The van der Waals surface area contributed by atoms with Gasteiger partial charge in [-0.2, -0.15) is 0 Å². The molecule has 3 atom stereocenters. The summed E-state index contributed by atoms with van der Waals surface area (Å²) in [6.07, 6.45) is 5.64. The van der Waals surface area contributed by atoms with E-state index in [1.807, 2.05) is 18.2 Å². The summed E-state index contributed by atoms with van der Waals surface area (Å²) in [6.45, 7) is 5.44. The second kappa shape index (κ2) is 8.30. The standard InChI is InChI=1S/C21H31NO4/c1-4-6-14(7-5-2)10-17-20(21(23)24)16(12-22(17)3)15-8-9-18-19(11-15)26-13-25-18/h8-9,11,14,16-17,20H,4-7,10,12-13H2,1-3H3,(H,23,24). The highest BCUT2D eigenvalue weighted by Crippen LogP contribution is 2.43. The molecular weight excluding hydrogens is 330 g/mol. The molecule has 0 aliphatic carbocycles. The van der Waals surface area contributed by atoms with E-state index in [9.17, 15) is 9.90 Å². The molecule has 0 aromatic heterocycles. The van der Waals surface area contributed by atoms with Gasteiger partial charge in [-0.25, -0.2) is 0 Å². The van der Waals surface area contributed by atoms with E-state index in [0.29, 0.717) is 5.92 Å². The van der Waals surface area contributed by atoms with Crippen LogP contribution in [0.15, 0.2) is 18.2 Å². The summed E-state index contributed by atoms with van der Waals surface area (Å²) in [7, 11) is 2.07. The number of aliphatic carboxylic acids is 1. The van der Waals surface area contributed by atoms with Crippen molar-refractivity contribution in [3.63, 3.8) is 0 Å². The van der Waals surface area contributed by atoms with Gasteiger partial charge in [-0.15, -0.1) is 0 Å². The average molecular weight is 361 g/mol. The summed E-state index contributed by atoms with van der Waals surface area (Å²) in [4.78, 5) is 14.4. The Labute approximate surface area is 156 Å². The van der Waals surface area contributed by atoms with Gasteiger partial charge in [-0.05, 0) is 37.1 Å². The molecule has 0 amide bonds. The first kappa shape index (κ1) is 19.0. The number of likely N-dealkylation sites (N-methyl/N-ethyl adjacent to an activating group) is 1. The number of benzene rings is 1. The van der Waals surface area contributed by atoms with Crippen molar-refractivity contribution in [3.8, 4) is 11.5 Å². The summed E-state index contributed by atoms with van der Waals surface area (Å²) < 4.78 is 10.9. The maximum Gasteiger partial charge on any atom is 0.308 e. The number of carboxylic acid groups (broad SMARTS) is 1. The Hall–Kier alpha value is -1.75. The second-order valence-corrected chi connectivity index (χ2v) is 7.77. The van der Waals surface area contributed by atoms with Gasteiger partial charge in [-0.1, -0.05) is 45.6 Å². The molecule has 5 heteroatoms. The highest BCUT2D eigenvalue weighted by atomic mass is 16.7. The van der Waals surface area contributed by atoms with Gasteiger partial charge in [0.15, 0.2) is 11.5 Å². The van der Waals surface area contributed by atoms with Crippen LogP contribution < -0.4 is 9.47 Å². The summed E-state index contributed by atoms with van der Waals surface area (Å²) in [5.41, 5.74) is 1.04. The van der Waals surface area contributed by atoms with Gasteiger partial charge in [0, 0.05) is 18.5 Å². The first-order chi connectivity index (χ1) is 12.5. The number of hydrogen-bond donors (Lipinski definition) is 1. The fraction of sp³-hybridized carbons (Fsp3) is 0.667. The molecule has 1 aromatic rings. The van der Waals surface area contributed by atoms with Crippen LogP contribution in [0.4, 0.5) is 0 Å². The first-order valence-corrected chi connectivity index (χ1v) is 9.87. The van der Waals surface area contributed by atoms with Gasteiger partial charge in [0.25, 0.3) is 0 Å². The van der Waals surface area contributed by atoms with Crippen LogP contribution in [0.1, 0.15) is 57.4 Å². The minimum Gasteiger partial charge on any atom is -0.481 e. The van der Waals surface area contributed by atoms with Crippen LogP contribution in [0, 0.1) is 11.8 Å². The molecule has 2 aliphatic heterocycles.